The van der Waals surface area contributed by atoms with Crippen LogP contribution in [0.15, 0.2) is 70.1 Å². The van der Waals surface area contributed by atoms with Crippen molar-refractivity contribution in [2.45, 2.75) is 13.5 Å². The van der Waals surface area contributed by atoms with E-state index in [4.69, 9.17) is 27.7 Å². The zero-order chi connectivity index (χ0) is 23.8. The molecule has 0 unspecified atom stereocenters. The third-order valence-electron chi connectivity index (χ3n) is 4.98. The lowest BCUT2D eigenvalue weighted by Crippen LogP contribution is -2.28. The Kier molecular flexibility index (Phi) is 5.64. The van der Waals surface area contributed by atoms with E-state index in [1.165, 1.54) is 4.40 Å². The highest BCUT2D eigenvalue weighted by atomic mass is 35.5. The Morgan fingerprint density at radius 2 is 1.88 bits per heavy atom. The van der Waals surface area contributed by atoms with Gasteiger partial charge in [0.1, 0.15) is 6.54 Å². The minimum Gasteiger partial charge on any atom is -0.333 e. The van der Waals surface area contributed by atoms with Crippen LogP contribution in [0.2, 0.25) is 10.0 Å². The first kappa shape index (κ1) is 21.9. The predicted molar refractivity (Wildman–Crippen MR) is 128 cm³/mol. The van der Waals surface area contributed by atoms with E-state index in [9.17, 15) is 9.59 Å². The van der Waals surface area contributed by atoms with Gasteiger partial charge in [-0.25, -0.2) is 13.9 Å². The number of hydrogen-bond acceptors (Lipinski definition) is 6. The summed E-state index contributed by atoms with van der Waals surface area (Å²) in [5.74, 6) is 0.157. The molecule has 0 aliphatic rings. The van der Waals surface area contributed by atoms with Gasteiger partial charge < -0.3 is 9.84 Å². The molecular formula is C23H16Cl2N6O3. The molecule has 5 rings (SSSR count). The van der Waals surface area contributed by atoms with Gasteiger partial charge in [-0.3, -0.25) is 4.79 Å². The van der Waals surface area contributed by atoms with Crippen LogP contribution in [-0.4, -0.2) is 30.2 Å². The molecule has 0 fully saturated rings. The highest BCUT2D eigenvalue weighted by molar-refractivity contribution is 6.35. The highest BCUT2D eigenvalue weighted by Gasteiger charge is 2.19. The maximum atomic E-state index is 12.8. The molecule has 9 nitrogen and oxygen atoms in total. The zero-order valence-corrected chi connectivity index (χ0v) is 19.2. The lowest BCUT2D eigenvalue weighted by molar-refractivity contribution is -0.117. The molecule has 0 aliphatic carbocycles. The molecular weight excluding hydrogens is 479 g/mol. The fourth-order valence-electron chi connectivity index (χ4n) is 3.50. The quantitative estimate of drug-likeness (QED) is 0.386. The molecule has 34 heavy (non-hydrogen) atoms. The Morgan fingerprint density at radius 1 is 1.09 bits per heavy atom. The molecule has 1 amide bonds. The first-order chi connectivity index (χ1) is 16.4. The van der Waals surface area contributed by atoms with Gasteiger partial charge in [0.2, 0.25) is 11.7 Å². The summed E-state index contributed by atoms with van der Waals surface area (Å²) < 4.78 is 7.82. The molecule has 3 aromatic heterocycles. The van der Waals surface area contributed by atoms with Crippen LogP contribution in [0.3, 0.4) is 0 Å². The molecule has 1 N–H and O–H groups in total. The number of carbonyl (C=O) groups excluding carboxylic acids is 1. The van der Waals surface area contributed by atoms with E-state index in [1.807, 2.05) is 31.2 Å². The summed E-state index contributed by atoms with van der Waals surface area (Å²) in [7, 11) is 0. The van der Waals surface area contributed by atoms with E-state index in [2.05, 4.69) is 20.6 Å². The number of hydrogen-bond donors (Lipinski definition) is 1. The molecule has 3 heterocycles. The van der Waals surface area contributed by atoms with E-state index in [0.717, 1.165) is 15.8 Å². The Hall–Kier alpha value is -3.95. The summed E-state index contributed by atoms with van der Waals surface area (Å²) in [5, 5.41) is 11.8. The van der Waals surface area contributed by atoms with Crippen molar-refractivity contribution >= 4 is 40.4 Å². The number of anilines is 1. The number of carbonyl (C=O) groups is 1. The van der Waals surface area contributed by atoms with E-state index in [-0.39, 0.29) is 18.1 Å². The zero-order valence-electron chi connectivity index (χ0n) is 17.7. The number of pyridine rings is 1. The number of rotatable bonds is 5. The van der Waals surface area contributed by atoms with Crippen molar-refractivity contribution < 1.29 is 9.32 Å². The van der Waals surface area contributed by atoms with Crippen LogP contribution < -0.4 is 11.0 Å². The number of fused-ring (bicyclic) bond motifs is 1. The van der Waals surface area contributed by atoms with Gasteiger partial charge in [-0.2, -0.15) is 4.98 Å². The second-order valence-corrected chi connectivity index (χ2v) is 8.43. The van der Waals surface area contributed by atoms with E-state index >= 15 is 0 Å². The van der Waals surface area contributed by atoms with Crippen molar-refractivity contribution in [2.24, 2.45) is 0 Å². The van der Waals surface area contributed by atoms with Gasteiger partial charge in [-0.05, 0) is 43.3 Å². The Morgan fingerprint density at radius 3 is 2.65 bits per heavy atom. The lowest BCUT2D eigenvalue weighted by atomic mass is 10.1. The van der Waals surface area contributed by atoms with E-state index in [0.29, 0.717) is 27.1 Å². The van der Waals surface area contributed by atoms with Crippen LogP contribution >= 0.6 is 23.2 Å². The standard InChI is InChI=1S/C23H16Cl2N6O3/c1-13-4-2-5-14(8-13)20-27-22(34-29-20)18-6-3-7-30-21(18)28-31(23(30)33)12-19(32)26-17-10-15(24)9-16(25)11-17/h2-11H,12H2,1H3,(H,26,32). The second kappa shape index (κ2) is 8.77. The van der Waals surface area contributed by atoms with Crippen molar-refractivity contribution in [3.8, 4) is 22.8 Å². The van der Waals surface area contributed by atoms with Gasteiger partial charge in [0.25, 0.3) is 5.89 Å². The van der Waals surface area contributed by atoms with Gasteiger partial charge in [-0.15, -0.1) is 5.10 Å². The molecule has 0 saturated heterocycles. The van der Waals surface area contributed by atoms with E-state index < -0.39 is 11.6 Å². The van der Waals surface area contributed by atoms with Crippen LogP contribution in [0.1, 0.15) is 5.56 Å². The number of benzene rings is 2. The van der Waals surface area contributed by atoms with Gasteiger partial charge in [0.05, 0.1) is 5.56 Å². The lowest BCUT2D eigenvalue weighted by Gasteiger charge is -2.05. The van der Waals surface area contributed by atoms with Crippen molar-refractivity contribution in [3.63, 3.8) is 0 Å². The molecule has 0 spiro atoms. The average Bonchev–Trinajstić information content (AvgIpc) is 3.39. The van der Waals surface area contributed by atoms with Crippen molar-refractivity contribution in [3.05, 3.63) is 86.9 Å². The fraction of sp³-hybridized carbons (Fsp3) is 0.0870. The van der Waals surface area contributed by atoms with E-state index in [1.54, 1.807) is 36.5 Å². The number of nitrogens with zero attached hydrogens (tertiary/aromatic N) is 5. The summed E-state index contributed by atoms with van der Waals surface area (Å²) >= 11 is 11.9. The fourth-order valence-corrected chi connectivity index (χ4v) is 4.03. The molecule has 0 bridgehead atoms. The maximum Gasteiger partial charge on any atom is 0.350 e. The molecule has 0 radical (unpaired) electrons. The maximum absolute atomic E-state index is 12.8. The molecule has 0 atom stereocenters. The highest BCUT2D eigenvalue weighted by Crippen LogP contribution is 2.25. The summed E-state index contributed by atoms with van der Waals surface area (Å²) in [6, 6.07) is 15.7. The minimum atomic E-state index is -0.491. The number of amides is 1. The normalized spacial score (nSPS) is 11.1. The van der Waals surface area contributed by atoms with Crippen LogP contribution in [0.25, 0.3) is 28.5 Å². The second-order valence-electron chi connectivity index (χ2n) is 7.55. The van der Waals surface area contributed by atoms with Crippen molar-refractivity contribution in [2.75, 3.05) is 5.32 Å². The van der Waals surface area contributed by atoms with Crippen LogP contribution in [0.5, 0.6) is 0 Å². The third kappa shape index (κ3) is 4.30. The number of aromatic nitrogens is 5. The minimum absolute atomic E-state index is 0.206. The predicted octanol–water partition coefficient (Wildman–Crippen LogP) is 4.47. The summed E-state index contributed by atoms with van der Waals surface area (Å²) in [6.45, 7) is 1.66. The molecule has 0 saturated carbocycles. The molecule has 170 valence electrons. The topological polar surface area (TPSA) is 107 Å². The molecule has 5 aromatic rings. The first-order valence-corrected chi connectivity index (χ1v) is 10.9. The number of nitrogens with one attached hydrogen (secondary N) is 1. The van der Waals surface area contributed by atoms with Crippen LogP contribution in [0, 0.1) is 6.92 Å². The van der Waals surface area contributed by atoms with Gasteiger partial charge >= 0.3 is 5.69 Å². The Labute approximate surface area is 202 Å². The Balaban J connectivity index is 1.45. The monoisotopic (exact) mass is 494 g/mol. The first-order valence-electron chi connectivity index (χ1n) is 10.1. The number of aryl methyl sites for hydroxylation is 1. The van der Waals surface area contributed by atoms with Crippen molar-refractivity contribution in [1.29, 1.82) is 0 Å². The van der Waals surface area contributed by atoms with Gasteiger partial charge in [-0.1, -0.05) is 52.1 Å². The third-order valence-corrected chi connectivity index (χ3v) is 5.42. The summed E-state index contributed by atoms with van der Waals surface area (Å²) in [6.07, 6.45) is 1.55. The summed E-state index contributed by atoms with van der Waals surface area (Å²) in [4.78, 5) is 29.8. The van der Waals surface area contributed by atoms with Crippen LogP contribution in [0.4, 0.5) is 5.69 Å². The SMILES string of the molecule is Cc1cccc(-c2noc(-c3cccn4c(=O)n(CC(=O)Nc5cc(Cl)cc(Cl)c5)nc34)n2)c1. The van der Waals surface area contributed by atoms with Gasteiger partial charge in [0, 0.05) is 27.5 Å². The average molecular weight is 495 g/mol. The van der Waals surface area contributed by atoms with Crippen molar-refractivity contribution in [1.82, 2.24) is 24.3 Å². The summed E-state index contributed by atoms with van der Waals surface area (Å²) in [5.41, 5.74) is 2.54. The van der Waals surface area contributed by atoms with Gasteiger partial charge in [0.15, 0.2) is 5.65 Å². The molecule has 0 aliphatic heterocycles. The van der Waals surface area contributed by atoms with Crippen LogP contribution in [-0.2, 0) is 11.3 Å². The smallest absolute Gasteiger partial charge is 0.333 e. The molecule has 11 heteroatoms. The Bertz CT molecular complexity index is 1580. The number of halogens is 2. The molecule has 2 aromatic carbocycles. The largest absolute Gasteiger partial charge is 0.350 e.